The minimum absolute atomic E-state index is 0.856. The van der Waals surface area contributed by atoms with E-state index < -0.39 is 0 Å². The van der Waals surface area contributed by atoms with Crippen LogP contribution in [0.5, 0.6) is 0 Å². The van der Waals surface area contributed by atoms with Crippen LogP contribution in [0.1, 0.15) is 6.92 Å². The van der Waals surface area contributed by atoms with Crippen molar-refractivity contribution in [3.8, 4) is 0 Å². The Morgan fingerprint density at radius 1 is 1.56 bits per heavy atom. The first-order chi connectivity index (χ1) is 4.36. The molecule has 2 heteroatoms. The Kier molecular flexibility index (Phi) is 1.24. The molecule has 2 fully saturated rings. The largest absolute Gasteiger partial charge is 0.381 e. The van der Waals surface area contributed by atoms with E-state index in [0.29, 0.717) is 0 Å². The van der Waals surface area contributed by atoms with Crippen molar-refractivity contribution < 1.29 is 4.74 Å². The molecule has 2 rings (SSSR count). The minimum atomic E-state index is 0.856. The van der Waals surface area contributed by atoms with Gasteiger partial charge in [-0.1, -0.05) is 0 Å². The normalized spacial score (nSPS) is 42.3. The lowest BCUT2D eigenvalue weighted by Crippen LogP contribution is -2.33. The molecule has 0 N–H and O–H groups in total. The van der Waals surface area contributed by atoms with Gasteiger partial charge in [-0.05, 0) is 6.92 Å². The Balaban J connectivity index is 1.66. The minimum Gasteiger partial charge on any atom is -0.381 e. The van der Waals surface area contributed by atoms with Crippen molar-refractivity contribution >= 4 is 0 Å². The third kappa shape index (κ3) is 1.10. The molecule has 0 aromatic rings. The molecule has 2 aliphatic rings. The number of rotatable bonds is 2. The van der Waals surface area contributed by atoms with Crippen LogP contribution in [0.2, 0.25) is 0 Å². The summed E-state index contributed by atoms with van der Waals surface area (Å²) in [7, 11) is 0. The Morgan fingerprint density at radius 3 is 2.56 bits per heavy atom. The van der Waals surface area contributed by atoms with Crippen molar-refractivity contribution in [2.24, 2.45) is 5.92 Å². The van der Waals surface area contributed by atoms with Gasteiger partial charge in [0.2, 0.25) is 0 Å². The van der Waals surface area contributed by atoms with E-state index in [1.165, 1.54) is 13.1 Å². The summed E-state index contributed by atoms with van der Waals surface area (Å²) in [6.45, 7) is 6.88. The molecular formula is C7H13NO. The summed E-state index contributed by atoms with van der Waals surface area (Å²) in [4.78, 5) is 2.49. The summed E-state index contributed by atoms with van der Waals surface area (Å²) in [6, 6.07) is 0.866. The average molecular weight is 127 g/mol. The fraction of sp³-hybridized carbons (Fsp3) is 1.00. The van der Waals surface area contributed by atoms with E-state index in [4.69, 9.17) is 4.74 Å². The van der Waals surface area contributed by atoms with Gasteiger partial charge >= 0.3 is 0 Å². The highest BCUT2D eigenvalue weighted by molar-refractivity contribution is 4.87. The van der Waals surface area contributed by atoms with Gasteiger partial charge in [0.25, 0.3) is 0 Å². The van der Waals surface area contributed by atoms with Crippen LogP contribution in [-0.2, 0) is 4.74 Å². The Morgan fingerprint density at radius 2 is 2.22 bits per heavy atom. The van der Waals surface area contributed by atoms with Crippen LogP contribution < -0.4 is 0 Å². The van der Waals surface area contributed by atoms with Crippen LogP contribution in [0.4, 0.5) is 0 Å². The fourth-order valence-corrected chi connectivity index (χ4v) is 1.27. The molecule has 2 aliphatic heterocycles. The lowest BCUT2D eigenvalue weighted by atomic mass is 10.1. The van der Waals surface area contributed by atoms with Crippen LogP contribution >= 0.6 is 0 Å². The van der Waals surface area contributed by atoms with Gasteiger partial charge in [0.15, 0.2) is 0 Å². The van der Waals surface area contributed by atoms with Crippen molar-refractivity contribution in [1.29, 1.82) is 0 Å². The second-order valence-electron chi connectivity index (χ2n) is 3.21. The van der Waals surface area contributed by atoms with E-state index in [-0.39, 0.29) is 0 Å². The molecule has 2 atom stereocenters. The topological polar surface area (TPSA) is 12.2 Å². The van der Waals surface area contributed by atoms with Crippen molar-refractivity contribution in [1.82, 2.24) is 4.90 Å². The second kappa shape index (κ2) is 1.96. The van der Waals surface area contributed by atoms with Crippen molar-refractivity contribution in [2.45, 2.75) is 13.0 Å². The summed E-state index contributed by atoms with van der Waals surface area (Å²) in [5.74, 6) is 0.856. The van der Waals surface area contributed by atoms with E-state index in [1.54, 1.807) is 0 Å². The molecule has 0 saturated carbocycles. The molecule has 0 amide bonds. The van der Waals surface area contributed by atoms with Gasteiger partial charge in [0, 0.05) is 25.0 Å². The summed E-state index contributed by atoms with van der Waals surface area (Å²) in [5, 5.41) is 0. The molecule has 0 aromatic heterocycles. The number of hydrogen-bond acceptors (Lipinski definition) is 2. The van der Waals surface area contributed by atoms with Crippen molar-refractivity contribution in [3.05, 3.63) is 0 Å². The molecule has 52 valence electrons. The van der Waals surface area contributed by atoms with Gasteiger partial charge < -0.3 is 4.74 Å². The molecule has 2 nitrogen and oxygen atoms in total. The SMILES string of the molecule is CC1CN1CC1COC1. The first kappa shape index (κ1) is 5.69. The van der Waals surface area contributed by atoms with Crippen LogP contribution in [0, 0.1) is 5.92 Å². The first-order valence-electron chi connectivity index (χ1n) is 3.68. The van der Waals surface area contributed by atoms with Crippen molar-refractivity contribution in [3.63, 3.8) is 0 Å². The molecule has 0 aliphatic carbocycles. The van der Waals surface area contributed by atoms with Crippen LogP contribution in [-0.4, -0.2) is 37.2 Å². The highest BCUT2D eigenvalue weighted by Crippen LogP contribution is 2.21. The lowest BCUT2D eigenvalue weighted by Gasteiger charge is -2.26. The van der Waals surface area contributed by atoms with E-state index >= 15 is 0 Å². The molecule has 2 heterocycles. The Labute approximate surface area is 55.8 Å². The lowest BCUT2D eigenvalue weighted by molar-refractivity contribution is -0.0373. The summed E-state index contributed by atoms with van der Waals surface area (Å²) in [5.41, 5.74) is 0. The molecular weight excluding hydrogens is 114 g/mol. The van der Waals surface area contributed by atoms with Gasteiger partial charge in [0.1, 0.15) is 0 Å². The van der Waals surface area contributed by atoms with Crippen molar-refractivity contribution in [2.75, 3.05) is 26.3 Å². The quantitative estimate of drug-likeness (QED) is 0.496. The maximum atomic E-state index is 5.07. The van der Waals surface area contributed by atoms with Gasteiger partial charge in [0.05, 0.1) is 13.2 Å². The van der Waals surface area contributed by atoms with Crippen LogP contribution in [0.25, 0.3) is 0 Å². The molecule has 0 bridgehead atoms. The predicted molar refractivity (Wildman–Crippen MR) is 35.3 cm³/mol. The zero-order valence-electron chi connectivity index (χ0n) is 5.84. The van der Waals surface area contributed by atoms with E-state index in [1.807, 2.05) is 0 Å². The van der Waals surface area contributed by atoms with Gasteiger partial charge in [-0.25, -0.2) is 0 Å². The number of ether oxygens (including phenoxy) is 1. The molecule has 2 unspecified atom stereocenters. The monoisotopic (exact) mass is 127 g/mol. The molecule has 9 heavy (non-hydrogen) atoms. The predicted octanol–water partition coefficient (Wildman–Crippen LogP) is 0.337. The van der Waals surface area contributed by atoms with Gasteiger partial charge in [-0.2, -0.15) is 0 Å². The third-order valence-electron chi connectivity index (χ3n) is 2.19. The van der Waals surface area contributed by atoms with Crippen LogP contribution in [0.15, 0.2) is 0 Å². The molecule has 2 saturated heterocycles. The molecule has 0 radical (unpaired) electrons. The number of nitrogens with zero attached hydrogens (tertiary/aromatic N) is 1. The summed E-state index contributed by atoms with van der Waals surface area (Å²) < 4.78 is 5.07. The number of hydrogen-bond donors (Lipinski definition) is 0. The summed E-state index contributed by atoms with van der Waals surface area (Å²) >= 11 is 0. The fourth-order valence-electron chi connectivity index (χ4n) is 1.27. The zero-order valence-corrected chi connectivity index (χ0v) is 5.84. The maximum Gasteiger partial charge on any atom is 0.0528 e. The zero-order chi connectivity index (χ0) is 6.27. The third-order valence-corrected chi connectivity index (χ3v) is 2.19. The molecule has 0 aromatic carbocycles. The van der Waals surface area contributed by atoms with E-state index in [2.05, 4.69) is 11.8 Å². The van der Waals surface area contributed by atoms with E-state index in [9.17, 15) is 0 Å². The van der Waals surface area contributed by atoms with Gasteiger partial charge in [-0.3, -0.25) is 4.90 Å². The highest BCUT2D eigenvalue weighted by atomic mass is 16.5. The van der Waals surface area contributed by atoms with E-state index in [0.717, 1.165) is 25.2 Å². The second-order valence-corrected chi connectivity index (χ2v) is 3.21. The highest BCUT2D eigenvalue weighted by Gasteiger charge is 2.33. The maximum absolute atomic E-state index is 5.07. The Hall–Kier alpha value is -0.0800. The van der Waals surface area contributed by atoms with Gasteiger partial charge in [-0.15, -0.1) is 0 Å². The standard InChI is InChI=1S/C7H13NO/c1-6-2-8(6)3-7-4-9-5-7/h6-7H,2-5H2,1H3. The smallest absolute Gasteiger partial charge is 0.0528 e. The average Bonchev–Trinajstić information content (AvgIpc) is 2.36. The molecule has 0 spiro atoms. The first-order valence-corrected chi connectivity index (χ1v) is 3.68. The summed E-state index contributed by atoms with van der Waals surface area (Å²) in [6.07, 6.45) is 0. The Bertz CT molecular complexity index is 109. The van der Waals surface area contributed by atoms with Crippen LogP contribution in [0.3, 0.4) is 0 Å².